The number of hydrogen-bond acceptors (Lipinski definition) is 1. The minimum atomic E-state index is 0.797. The van der Waals surface area contributed by atoms with Gasteiger partial charge in [0.25, 0.3) is 0 Å². The molecule has 1 aliphatic carbocycles. The molecule has 0 aromatic heterocycles. The molecule has 2 rings (SSSR count). The zero-order valence-electron chi connectivity index (χ0n) is 9.12. The summed E-state index contributed by atoms with van der Waals surface area (Å²) < 4.78 is 0. The minimum absolute atomic E-state index is 0.797. The van der Waals surface area contributed by atoms with E-state index in [1.54, 1.807) is 0 Å². The highest BCUT2D eigenvalue weighted by molar-refractivity contribution is 6.33. The summed E-state index contributed by atoms with van der Waals surface area (Å²) in [5.74, 6) is 0. The summed E-state index contributed by atoms with van der Waals surface area (Å²) in [5.41, 5.74) is 3.08. The Morgan fingerprint density at radius 2 is 1.94 bits per heavy atom. The largest absolute Gasteiger partial charge is 0.257 e. The summed E-state index contributed by atoms with van der Waals surface area (Å²) in [6, 6.07) is 9.88. The van der Waals surface area contributed by atoms with Crippen molar-refractivity contribution >= 4 is 23.5 Å². The molecule has 1 aromatic rings. The van der Waals surface area contributed by atoms with Crippen LogP contribution < -0.4 is 0 Å². The summed E-state index contributed by atoms with van der Waals surface area (Å²) in [4.78, 5) is 4.41. The number of benzene rings is 1. The minimum Gasteiger partial charge on any atom is -0.257 e. The average molecular weight is 232 g/mol. The SMILES string of the molecule is C=C1CCCC(/C=N/c2ccccc2)=C1Cl. The zero-order valence-corrected chi connectivity index (χ0v) is 9.87. The smallest absolute Gasteiger partial charge is 0.0629 e. The summed E-state index contributed by atoms with van der Waals surface area (Å²) in [7, 11) is 0. The van der Waals surface area contributed by atoms with Gasteiger partial charge in [0.1, 0.15) is 0 Å². The van der Waals surface area contributed by atoms with Crippen molar-refractivity contribution in [1.29, 1.82) is 0 Å². The molecule has 0 unspecified atom stereocenters. The Morgan fingerprint density at radius 3 is 2.69 bits per heavy atom. The van der Waals surface area contributed by atoms with Crippen LogP contribution in [-0.4, -0.2) is 6.21 Å². The molecule has 0 fully saturated rings. The number of hydrogen-bond donors (Lipinski definition) is 0. The van der Waals surface area contributed by atoms with Gasteiger partial charge in [-0.05, 0) is 42.5 Å². The number of rotatable bonds is 2. The molecule has 16 heavy (non-hydrogen) atoms. The van der Waals surface area contributed by atoms with E-state index in [1.165, 1.54) is 0 Å². The molecule has 0 N–H and O–H groups in total. The van der Waals surface area contributed by atoms with Gasteiger partial charge in [-0.3, -0.25) is 4.99 Å². The summed E-state index contributed by atoms with van der Waals surface area (Å²) in [6.45, 7) is 3.95. The molecule has 0 amide bonds. The van der Waals surface area contributed by atoms with Crippen LogP contribution in [0.1, 0.15) is 19.3 Å². The van der Waals surface area contributed by atoms with Crippen molar-refractivity contribution in [2.45, 2.75) is 19.3 Å². The van der Waals surface area contributed by atoms with E-state index in [0.29, 0.717) is 0 Å². The molecule has 0 heterocycles. The van der Waals surface area contributed by atoms with E-state index in [1.807, 2.05) is 36.5 Å². The summed E-state index contributed by atoms with van der Waals surface area (Å²) in [6.07, 6.45) is 4.98. The molecule has 2 heteroatoms. The fourth-order valence-corrected chi connectivity index (χ4v) is 1.96. The Kier molecular flexibility index (Phi) is 3.58. The number of aliphatic imine (C=N–C) groups is 1. The quantitative estimate of drug-likeness (QED) is 0.659. The van der Waals surface area contributed by atoms with Crippen LogP contribution in [0.25, 0.3) is 0 Å². The first-order valence-corrected chi connectivity index (χ1v) is 5.81. The molecule has 82 valence electrons. The molecule has 0 radical (unpaired) electrons. The maximum absolute atomic E-state index is 6.19. The first-order valence-electron chi connectivity index (χ1n) is 5.43. The standard InChI is InChI=1S/C14H14ClN/c1-11-6-5-7-12(14(11)15)10-16-13-8-3-2-4-9-13/h2-4,8-10H,1,5-7H2/b16-10+. The van der Waals surface area contributed by atoms with Gasteiger partial charge in [-0.15, -0.1) is 0 Å². The molecule has 0 atom stereocenters. The van der Waals surface area contributed by atoms with Gasteiger partial charge in [0, 0.05) is 11.2 Å². The lowest BCUT2D eigenvalue weighted by molar-refractivity contribution is 0.803. The van der Waals surface area contributed by atoms with Gasteiger partial charge in [-0.2, -0.15) is 0 Å². The van der Waals surface area contributed by atoms with Gasteiger partial charge in [0.15, 0.2) is 0 Å². The van der Waals surface area contributed by atoms with Gasteiger partial charge < -0.3 is 0 Å². The Morgan fingerprint density at radius 1 is 1.19 bits per heavy atom. The van der Waals surface area contributed by atoms with Gasteiger partial charge in [-0.25, -0.2) is 0 Å². The molecule has 1 aliphatic rings. The Bertz CT molecular complexity index is 443. The van der Waals surface area contributed by atoms with Crippen LogP contribution in [0, 0.1) is 0 Å². The van der Waals surface area contributed by atoms with E-state index in [4.69, 9.17) is 11.6 Å². The third-order valence-corrected chi connectivity index (χ3v) is 3.15. The lowest BCUT2D eigenvalue weighted by atomic mass is 9.97. The highest BCUT2D eigenvalue weighted by Gasteiger charge is 2.12. The van der Waals surface area contributed by atoms with Crippen molar-refractivity contribution in [1.82, 2.24) is 0 Å². The second kappa shape index (κ2) is 5.13. The molecule has 1 nitrogen and oxygen atoms in total. The lowest BCUT2D eigenvalue weighted by Gasteiger charge is -2.14. The maximum atomic E-state index is 6.19. The van der Waals surface area contributed by atoms with Gasteiger partial charge in [-0.1, -0.05) is 36.4 Å². The zero-order chi connectivity index (χ0) is 11.4. The van der Waals surface area contributed by atoms with Crippen LogP contribution in [0.5, 0.6) is 0 Å². The van der Waals surface area contributed by atoms with E-state index >= 15 is 0 Å². The van der Waals surface area contributed by atoms with E-state index in [0.717, 1.165) is 41.1 Å². The fraction of sp³-hybridized carbons (Fsp3) is 0.214. The van der Waals surface area contributed by atoms with Crippen molar-refractivity contribution in [3.05, 3.63) is 53.1 Å². The summed E-state index contributed by atoms with van der Waals surface area (Å²) in [5, 5.41) is 0.797. The van der Waals surface area contributed by atoms with E-state index in [2.05, 4.69) is 11.6 Å². The van der Waals surface area contributed by atoms with E-state index < -0.39 is 0 Å². The van der Waals surface area contributed by atoms with Crippen LogP contribution in [0.4, 0.5) is 5.69 Å². The number of nitrogens with zero attached hydrogens (tertiary/aromatic N) is 1. The molecular weight excluding hydrogens is 218 g/mol. The van der Waals surface area contributed by atoms with Gasteiger partial charge in [0.2, 0.25) is 0 Å². The number of para-hydroxylation sites is 1. The predicted octanol–water partition coefficient (Wildman–Crippen LogP) is 4.62. The lowest BCUT2D eigenvalue weighted by Crippen LogP contribution is -1.99. The molecular formula is C14H14ClN. The highest BCUT2D eigenvalue weighted by Crippen LogP contribution is 2.30. The molecule has 0 aliphatic heterocycles. The first-order chi connectivity index (χ1) is 7.77. The third kappa shape index (κ3) is 2.61. The fourth-order valence-electron chi connectivity index (χ4n) is 1.73. The Balaban J connectivity index is 2.18. The van der Waals surface area contributed by atoms with E-state index in [9.17, 15) is 0 Å². The normalized spacial score (nSPS) is 17.2. The Hall–Kier alpha value is -1.34. The van der Waals surface area contributed by atoms with Crippen LogP contribution in [0.3, 0.4) is 0 Å². The molecule has 0 saturated carbocycles. The van der Waals surface area contributed by atoms with Crippen molar-refractivity contribution in [3.63, 3.8) is 0 Å². The summed E-state index contributed by atoms with van der Waals surface area (Å²) >= 11 is 6.19. The Labute approximate surface area is 101 Å². The van der Waals surface area contributed by atoms with Crippen LogP contribution >= 0.6 is 11.6 Å². The molecule has 0 spiro atoms. The first kappa shape index (κ1) is 11.2. The second-order valence-electron chi connectivity index (χ2n) is 3.89. The number of halogens is 1. The van der Waals surface area contributed by atoms with Crippen LogP contribution in [-0.2, 0) is 0 Å². The highest BCUT2D eigenvalue weighted by atomic mass is 35.5. The second-order valence-corrected chi connectivity index (χ2v) is 4.27. The van der Waals surface area contributed by atoms with Crippen molar-refractivity contribution < 1.29 is 0 Å². The maximum Gasteiger partial charge on any atom is 0.0629 e. The number of allylic oxidation sites excluding steroid dienone is 3. The monoisotopic (exact) mass is 231 g/mol. The average Bonchev–Trinajstić information content (AvgIpc) is 2.32. The van der Waals surface area contributed by atoms with Crippen LogP contribution in [0.2, 0.25) is 0 Å². The molecule has 0 bridgehead atoms. The van der Waals surface area contributed by atoms with Crippen molar-refractivity contribution in [2.75, 3.05) is 0 Å². The molecule has 1 aromatic carbocycles. The van der Waals surface area contributed by atoms with Crippen LogP contribution in [0.15, 0.2) is 58.1 Å². The topological polar surface area (TPSA) is 12.4 Å². The van der Waals surface area contributed by atoms with Crippen molar-refractivity contribution in [2.24, 2.45) is 4.99 Å². The van der Waals surface area contributed by atoms with Gasteiger partial charge >= 0.3 is 0 Å². The predicted molar refractivity (Wildman–Crippen MR) is 70.5 cm³/mol. The van der Waals surface area contributed by atoms with Gasteiger partial charge in [0.05, 0.1) is 5.69 Å². The molecule has 0 saturated heterocycles. The third-order valence-electron chi connectivity index (χ3n) is 2.64. The van der Waals surface area contributed by atoms with Crippen molar-refractivity contribution in [3.8, 4) is 0 Å². The van der Waals surface area contributed by atoms with E-state index in [-0.39, 0.29) is 0 Å².